The van der Waals surface area contributed by atoms with E-state index >= 15 is 0 Å². The first-order chi connectivity index (χ1) is 17.5. The van der Waals surface area contributed by atoms with Gasteiger partial charge in [0.25, 0.3) is 0 Å². The zero-order valence-electron chi connectivity index (χ0n) is 20.6. The fourth-order valence-electron chi connectivity index (χ4n) is 5.00. The molecule has 0 bridgehead atoms. The third-order valence-electron chi connectivity index (χ3n) is 7.07. The molecule has 0 aromatic heterocycles. The normalized spacial score (nSPS) is 17.7. The number of nitrogens with zero attached hydrogens (tertiary/aromatic N) is 3. The average Bonchev–Trinajstić information content (AvgIpc) is 2.90. The van der Waals surface area contributed by atoms with Crippen LogP contribution in [0.5, 0.6) is 11.5 Å². The Morgan fingerprint density at radius 1 is 1.00 bits per heavy atom. The van der Waals surface area contributed by atoms with Crippen molar-refractivity contribution in [2.24, 2.45) is 5.18 Å². The van der Waals surface area contributed by atoms with Crippen LogP contribution in [0.1, 0.15) is 50.5 Å². The number of benzene rings is 2. The quantitative estimate of drug-likeness (QED) is 0.430. The largest absolute Gasteiger partial charge is 0.491 e. The lowest BCUT2D eigenvalue weighted by Crippen LogP contribution is -2.43. The standard InChI is InChI=1S/C27H33F2N3O4/c1-2-35-26-18-22(4-6-25(26)30-34)36-21-9-15-32(16-10-21)27(33)11-14-31-12-7-19(8-13-31)20-3-5-23(28)24(29)17-20/h3-6,17-19,21H,2,7-16H2,1H3. The fraction of sp³-hybridized carbons (Fsp3) is 0.519. The third-order valence-corrected chi connectivity index (χ3v) is 7.07. The maximum Gasteiger partial charge on any atom is 0.223 e. The number of rotatable bonds is 9. The Hall–Kier alpha value is -3.07. The van der Waals surface area contributed by atoms with Gasteiger partial charge in [0.15, 0.2) is 17.4 Å². The van der Waals surface area contributed by atoms with Crippen molar-refractivity contribution in [3.05, 3.63) is 58.5 Å². The van der Waals surface area contributed by atoms with Crippen LogP contribution in [0, 0.1) is 16.5 Å². The molecule has 2 heterocycles. The molecule has 2 aliphatic heterocycles. The molecule has 2 aliphatic rings. The molecule has 0 N–H and O–H groups in total. The summed E-state index contributed by atoms with van der Waals surface area (Å²) in [5, 5.41) is 2.98. The number of carbonyl (C=O) groups excluding carboxylic acids is 1. The van der Waals surface area contributed by atoms with E-state index in [1.165, 1.54) is 12.1 Å². The Kier molecular flexibility index (Phi) is 8.85. The number of hydrogen-bond donors (Lipinski definition) is 0. The van der Waals surface area contributed by atoms with E-state index in [2.05, 4.69) is 10.1 Å². The monoisotopic (exact) mass is 501 g/mol. The number of amides is 1. The number of nitroso groups, excluding NO2 is 1. The summed E-state index contributed by atoms with van der Waals surface area (Å²) in [6.45, 7) is 5.95. The van der Waals surface area contributed by atoms with Crippen LogP contribution in [0.15, 0.2) is 41.6 Å². The molecule has 1 amide bonds. The van der Waals surface area contributed by atoms with Gasteiger partial charge in [0.1, 0.15) is 17.5 Å². The summed E-state index contributed by atoms with van der Waals surface area (Å²) in [5.41, 5.74) is 1.10. The summed E-state index contributed by atoms with van der Waals surface area (Å²) in [6.07, 6.45) is 3.69. The number of likely N-dealkylation sites (tertiary alicyclic amines) is 2. The van der Waals surface area contributed by atoms with Crippen LogP contribution in [0.2, 0.25) is 0 Å². The van der Waals surface area contributed by atoms with Crippen molar-refractivity contribution >= 4 is 11.6 Å². The van der Waals surface area contributed by atoms with Crippen molar-refractivity contribution in [1.82, 2.24) is 9.80 Å². The molecule has 0 radical (unpaired) electrons. The molecule has 2 aromatic rings. The molecule has 2 aromatic carbocycles. The molecule has 2 fully saturated rings. The summed E-state index contributed by atoms with van der Waals surface area (Å²) < 4.78 is 38.3. The molecular weight excluding hydrogens is 468 g/mol. The van der Waals surface area contributed by atoms with E-state index in [-0.39, 0.29) is 23.6 Å². The highest BCUT2D eigenvalue weighted by molar-refractivity contribution is 5.76. The van der Waals surface area contributed by atoms with E-state index in [0.29, 0.717) is 44.2 Å². The second kappa shape index (κ2) is 12.3. The Balaban J connectivity index is 1.17. The number of hydrogen-bond acceptors (Lipinski definition) is 6. The van der Waals surface area contributed by atoms with E-state index in [1.54, 1.807) is 24.3 Å². The van der Waals surface area contributed by atoms with Crippen LogP contribution in [-0.2, 0) is 4.79 Å². The Labute approximate surface area is 210 Å². The minimum Gasteiger partial charge on any atom is -0.491 e. The highest BCUT2D eigenvalue weighted by Gasteiger charge is 2.26. The second-order valence-corrected chi connectivity index (χ2v) is 9.39. The molecule has 2 saturated heterocycles. The van der Waals surface area contributed by atoms with Gasteiger partial charge in [-0.3, -0.25) is 4.79 Å². The number of piperidine rings is 2. The predicted molar refractivity (Wildman–Crippen MR) is 133 cm³/mol. The van der Waals surface area contributed by atoms with Gasteiger partial charge in [-0.1, -0.05) is 6.07 Å². The number of carbonyl (C=O) groups is 1. The van der Waals surface area contributed by atoms with Gasteiger partial charge in [-0.15, -0.1) is 4.91 Å². The molecule has 0 unspecified atom stereocenters. The predicted octanol–water partition coefficient (Wildman–Crippen LogP) is 5.40. The smallest absolute Gasteiger partial charge is 0.223 e. The molecule has 36 heavy (non-hydrogen) atoms. The second-order valence-electron chi connectivity index (χ2n) is 9.39. The number of ether oxygens (including phenoxy) is 2. The van der Waals surface area contributed by atoms with Gasteiger partial charge in [0.05, 0.1) is 6.61 Å². The van der Waals surface area contributed by atoms with Gasteiger partial charge in [0, 0.05) is 45.0 Å². The zero-order valence-corrected chi connectivity index (χ0v) is 20.6. The van der Waals surface area contributed by atoms with Gasteiger partial charge < -0.3 is 19.3 Å². The Morgan fingerprint density at radius 3 is 2.42 bits per heavy atom. The van der Waals surface area contributed by atoms with Crippen molar-refractivity contribution < 1.29 is 23.0 Å². The lowest BCUT2D eigenvalue weighted by atomic mass is 9.89. The molecule has 0 saturated carbocycles. The summed E-state index contributed by atoms with van der Waals surface area (Å²) in [6, 6.07) is 9.17. The topological polar surface area (TPSA) is 71.4 Å². The summed E-state index contributed by atoms with van der Waals surface area (Å²) >= 11 is 0. The van der Waals surface area contributed by atoms with Crippen LogP contribution >= 0.6 is 0 Å². The molecule has 0 atom stereocenters. The SMILES string of the molecule is CCOc1cc(OC2CCN(C(=O)CCN3CCC(c4ccc(F)c(F)c4)CC3)CC2)ccc1N=O. The molecule has 7 nitrogen and oxygen atoms in total. The lowest BCUT2D eigenvalue weighted by Gasteiger charge is -2.34. The summed E-state index contributed by atoms with van der Waals surface area (Å²) in [4.78, 5) is 27.9. The van der Waals surface area contributed by atoms with Gasteiger partial charge in [0.2, 0.25) is 5.91 Å². The highest BCUT2D eigenvalue weighted by Crippen LogP contribution is 2.33. The van der Waals surface area contributed by atoms with E-state index in [9.17, 15) is 18.5 Å². The van der Waals surface area contributed by atoms with E-state index in [1.807, 2.05) is 11.8 Å². The van der Waals surface area contributed by atoms with Crippen LogP contribution in [-0.4, -0.2) is 61.1 Å². The van der Waals surface area contributed by atoms with Crippen molar-refractivity contribution in [3.8, 4) is 11.5 Å². The molecule has 9 heteroatoms. The van der Waals surface area contributed by atoms with Crippen LogP contribution in [0.4, 0.5) is 14.5 Å². The lowest BCUT2D eigenvalue weighted by molar-refractivity contribution is -0.133. The van der Waals surface area contributed by atoms with Gasteiger partial charge in [-0.2, -0.15) is 0 Å². The van der Waals surface area contributed by atoms with E-state index < -0.39 is 11.6 Å². The summed E-state index contributed by atoms with van der Waals surface area (Å²) in [7, 11) is 0. The van der Waals surface area contributed by atoms with Gasteiger partial charge in [-0.25, -0.2) is 8.78 Å². The van der Waals surface area contributed by atoms with Crippen molar-refractivity contribution in [3.63, 3.8) is 0 Å². The van der Waals surface area contributed by atoms with Gasteiger partial charge in [-0.05, 0) is 73.8 Å². The molecule has 0 spiro atoms. The van der Waals surface area contributed by atoms with E-state index in [4.69, 9.17) is 9.47 Å². The summed E-state index contributed by atoms with van der Waals surface area (Å²) in [5.74, 6) is -0.198. The zero-order chi connectivity index (χ0) is 25.5. The molecular formula is C27H33F2N3O4. The first-order valence-electron chi connectivity index (χ1n) is 12.7. The van der Waals surface area contributed by atoms with Crippen molar-refractivity contribution in [2.75, 3.05) is 39.3 Å². The average molecular weight is 502 g/mol. The Bertz CT molecular complexity index is 1050. The van der Waals surface area contributed by atoms with Gasteiger partial charge >= 0.3 is 0 Å². The molecule has 194 valence electrons. The third kappa shape index (κ3) is 6.57. The Morgan fingerprint density at radius 2 is 1.75 bits per heavy atom. The number of halogens is 2. The van der Waals surface area contributed by atoms with E-state index in [0.717, 1.165) is 44.3 Å². The van der Waals surface area contributed by atoms with Crippen LogP contribution < -0.4 is 9.47 Å². The molecule has 0 aliphatic carbocycles. The van der Waals surface area contributed by atoms with Crippen molar-refractivity contribution in [2.45, 2.75) is 51.0 Å². The first-order valence-corrected chi connectivity index (χ1v) is 12.7. The maximum atomic E-state index is 13.5. The minimum atomic E-state index is -0.813. The van der Waals surface area contributed by atoms with Crippen molar-refractivity contribution in [1.29, 1.82) is 0 Å². The van der Waals surface area contributed by atoms with Crippen LogP contribution in [0.25, 0.3) is 0 Å². The fourth-order valence-corrected chi connectivity index (χ4v) is 5.00. The minimum absolute atomic E-state index is 0.00565. The maximum absolute atomic E-state index is 13.5. The highest BCUT2D eigenvalue weighted by atomic mass is 19.2. The molecule has 4 rings (SSSR count). The van der Waals surface area contributed by atoms with Crippen LogP contribution in [0.3, 0.4) is 0 Å². The first kappa shape index (κ1) is 26.0.